The molecule has 98 valence electrons. The zero-order chi connectivity index (χ0) is 13.8. The van der Waals surface area contributed by atoms with Gasteiger partial charge in [-0.3, -0.25) is 4.79 Å². The highest BCUT2D eigenvalue weighted by Crippen LogP contribution is 2.28. The van der Waals surface area contributed by atoms with E-state index in [1.54, 1.807) is 24.3 Å². The number of anilines is 2. The summed E-state index contributed by atoms with van der Waals surface area (Å²) >= 11 is 3.38. The third kappa shape index (κ3) is 2.88. The molecule has 0 atom stereocenters. The highest BCUT2D eigenvalue weighted by Gasteiger charge is 2.15. The van der Waals surface area contributed by atoms with Crippen LogP contribution in [0.4, 0.5) is 11.4 Å². The second kappa shape index (κ2) is 5.75. The van der Waals surface area contributed by atoms with E-state index in [0.29, 0.717) is 22.7 Å². The predicted molar refractivity (Wildman–Crippen MR) is 79.5 cm³/mol. The maximum atomic E-state index is 12.2. The molecule has 0 bridgehead atoms. The van der Waals surface area contributed by atoms with Crippen molar-refractivity contribution in [2.45, 2.75) is 0 Å². The molecule has 0 heterocycles. The van der Waals surface area contributed by atoms with Crippen LogP contribution in [-0.2, 0) is 0 Å². The van der Waals surface area contributed by atoms with Crippen LogP contribution in [0.2, 0.25) is 0 Å². The van der Waals surface area contributed by atoms with E-state index in [4.69, 9.17) is 10.5 Å². The topological polar surface area (TPSA) is 64.3 Å². The van der Waals surface area contributed by atoms with Gasteiger partial charge < -0.3 is 15.8 Å². The number of amides is 1. The fraction of sp³-hybridized carbons (Fsp3) is 0.0714. The number of rotatable bonds is 3. The molecule has 2 aromatic rings. The molecular formula is C14H13BrN2O2. The average molecular weight is 321 g/mol. The van der Waals surface area contributed by atoms with Crippen molar-refractivity contribution < 1.29 is 9.53 Å². The van der Waals surface area contributed by atoms with Gasteiger partial charge in [0.1, 0.15) is 0 Å². The summed E-state index contributed by atoms with van der Waals surface area (Å²) in [5.41, 5.74) is 7.30. The Bertz CT molecular complexity index is 614. The Balaban J connectivity index is 2.31. The highest BCUT2D eigenvalue weighted by atomic mass is 79.9. The van der Waals surface area contributed by atoms with Gasteiger partial charge in [0.25, 0.3) is 5.91 Å². The molecule has 0 aromatic heterocycles. The Morgan fingerprint density at radius 1 is 1.21 bits per heavy atom. The van der Waals surface area contributed by atoms with Gasteiger partial charge in [-0.1, -0.05) is 18.2 Å². The molecule has 0 saturated heterocycles. The van der Waals surface area contributed by atoms with E-state index in [0.717, 1.165) is 4.47 Å². The van der Waals surface area contributed by atoms with Crippen molar-refractivity contribution in [2.24, 2.45) is 0 Å². The van der Waals surface area contributed by atoms with Crippen molar-refractivity contribution in [3.63, 3.8) is 0 Å². The second-order valence-corrected chi connectivity index (χ2v) is 4.72. The lowest BCUT2D eigenvalue weighted by atomic mass is 10.1. The molecule has 0 aliphatic rings. The third-order valence-electron chi connectivity index (χ3n) is 2.62. The van der Waals surface area contributed by atoms with Gasteiger partial charge in [0.15, 0.2) is 5.75 Å². The molecule has 1 amide bonds. The maximum absolute atomic E-state index is 12.2. The standard InChI is InChI=1S/C14H13BrN2O2/c1-19-13-9(5-4-7-11(13)16)14(18)17-12-8-3-2-6-10(12)15/h2-8H,16H2,1H3,(H,17,18). The molecule has 5 heteroatoms. The SMILES string of the molecule is COc1c(N)cccc1C(=O)Nc1ccccc1Br. The van der Waals surface area contributed by atoms with Gasteiger partial charge in [-0.05, 0) is 40.2 Å². The Labute approximate surface area is 119 Å². The van der Waals surface area contributed by atoms with Gasteiger partial charge in [-0.2, -0.15) is 0 Å². The molecule has 0 unspecified atom stereocenters. The number of ether oxygens (including phenoxy) is 1. The Morgan fingerprint density at radius 2 is 1.95 bits per heavy atom. The van der Waals surface area contributed by atoms with Crippen LogP contribution >= 0.6 is 15.9 Å². The number of nitrogens with two attached hydrogens (primary N) is 1. The number of methoxy groups -OCH3 is 1. The molecule has 19 heavy (non-hydrogen) atoms. The number of nitrogen functional groups attached to an aromatic ring is 1. The van der Waals surface area contributed by atoms with Crippen LogP contribution in [-0.4, -0.2) is 13.0 Å². The van der Waals surface area contributed by atoms with Crippen LogP contribution in [0, 0.1) is 0 Å². The molecule has 2 aromatic carbocycles. The van der Waals surface area contributed by atoms with Crippen LogP contribution in [0.1, 0.15) is 10.4 Å². The number of nitrogens with one attached hydrogen (secondary N) is 1. The average Bonchev–Trinajstić information content (AvgIpc) is 2.41. The van der Waals surface area contributed by atoms with Gasteiger partial charge in [-0.15, -0.1) is 0 Å². The summed E-state index contributed by atoms with van der Waals surface area (Å²) in [6, 6.07) is 12.5. The minimum Gasteiger partial charge on any atom is -0.494 e. The van der Waals surface area contributed by atoms with Crippen molar-refractivity contribution in [3.8, 4) is 5.75 Å². The monoisotopic (exact) mass is 320 g/mol. The fourth-order valence-electron chi connectivity index (χ4n) is 1.71. The maximum Gasteiger partial charge on any atom is 0.259 e. The van der Waals surface area contributed by atoms with Crippen LogP contribution in [0.15, 0.2) is 46.9 Å². The molecular weight excluding hydrogens is 308 g/mol. The summed E-state index contributed by atoms with van der Waals surface area (Å²) in [5, 5.41) is 2.81. The second-order valence-electron chi connectivity index (χ2n) is 3.86. The zero-order valence-corrected chi connectivity index (χ0v) is 11.9. The van der Waals surface area contributed by atoms with Crippen molar-refractivity contribution in [1.82, 2.24) is 0 Å². The Morgan fingerprint density at radius 3 is 2.63 bits per heavy atom. The molecule has 0 spiro atoms. The number of benzene rings is 2. The first kappa shape index (κ1) is 13.4. The number of para-hydroxylation sites is 2. The molecule has 4 nitrogen and oxygen atoms in total. The van der Waals surface area contributed by atoms with Crippen LogP contribution in [0.5, 0.6) is 5.75 Å². The largest absolute Gasteiger partial charge is 0.494 e. The molecule has 3 N–H and O–H groups in total. The van der Waals surface area contributed by atoms with Crippen LogP contribution < -0.4 is 15.8 Å². The number of carbonyl (C=O) groups is 1. The number of halogens is 1. The summed E-state index contributed by atoms with van der Waals surface area (Å²) in [5.74, 6) is 0.114. The van der Waals surface area contributed by atoms with Crippen LogP contribution in [0.25, 0.3) is 0 Å². The normalized spacial score (nSPS) is 10.0. The van der Waals surface area contributed by atoms with E-state index in [9.17, 15) is 4.79 Å². The Kier molecular flexibility index (Phi) is 4.06. The molecule has 0 aliphatic carbocycles. The van der Waals surface area contributed by atoms with Gasteiger partial charge in [0.2, 0.25) is 0 Å². The van der Waals surface area contributed by atoms with Crippen molar-refractivity contribution in [1.29, 1.82) is 0 Å². The summed E-state index contributed by atoms with van der Waals surface area (Å²) in [6.07, 6.45) is 0. The lowest BCUT2D eigenvalue weighted by molar-refractivity contribution is 0.102. The third-order valence-corrected chi connectivity index (χ3v) is 3.31. The highest BCUT2D eigenvalue weighted by molar-refractivity contribution is 9.10. The zero-order valence-electron chi connectivity index (χ0n) is 10.3. The summed E-state index contributed by atoms with van der Waals surface area (Å²) in [7, 11) is 1.49. The summed E-state index contributed by atoms with van der Waals surface area (Å²) in [4.78, 5) is 12.2. The van der Waals surface area contributed by atoms with Crippen LogP contribution in [0.3, 0.4) is 0 Å². The van der Waals surface area contributed by atoms with Crippen molar-refractivity contribution in [2.75, 3.05) is 18.2 Å². The first-order chi connectivity index (χ1) is 9.13. The first-order valence-corrected chi connectivity index (χ1v) is 6.41. The van der Waals surface area contributed by atoms with E-state index < -0.39 is 0 Å². The van der Waals surface area contributed by atoms with Crippen molar-refractivity contribution >= 4 is 33.2 Å². The minimum absolute atomic E-state index is 0.268. The molecule has 0 aliphatic heterocycles. The Hall–Kier alpha value is -2.01. The van der Waals surface area contributed by atoms with E-state index in [1.165, 1.54) is 7.11 Å². The fourth-order valence-corrected chi connectivity index (χ4v) is 2.10. The quantitative estimate of drug-likeness (QED) is 0.853. The van der Waals surface area contributed by atoms with Gasteiger partial charge >= 0.3 is 0 Å². The first-order valence-electron chi connectivity index (χ1n) is 5.62. The minimum atomic E-state index is -0.268. The lowest BCUT2D eigenvalue weighted by Gasteiger charge is -2.12. The van der Waals surface area contributed by atoms with E-state index in [2.05, 4.69) is 21.2 Å². The lowest BCUT2D eigenvalue weighted by Crippen LogP contribution is -2.14. The predicted octanol–water partition coefficient (Wildman–Crippen LogP) is 3.29. The number of hydrogen-bond acceptors (Lipinski definition) is 3. The van der Waals surface area contributed by atoms with Gasteiger partial charge in [0, 0.05) is 4.47 Å². The molecule has 2 rings (SSSR count). The summed E-state index contributed by atoms with van der Waals surface area (Å²) in [6.45, 7) is 0. The number of hydrogen-bond donors (Lipinski definition) is 2. The molecule has 0 fully saturated rings. The van der Waals surface area contributed by atoms with E-state index >= 15 is 0 Å². The van der Waals surface area contributed by atoms with Crippen molar-refractivity contribution in [3.05, 3.63) is 52.5 Å². The van der Waals surface area contributed by atoms with Gasteiger partial charge in [-0.25, -0.2) is 0 Å². The molecule has 0 saturated carbocycles. The smallest absolute Gasteiger partial charge is 0.259 e. The van der Waals surface area contributed by atoms with E-state index in [1.807, 2.05) is 18.2 Å². The summed E-state index contributed by atoms with van der Waals surface area (Å²) < 4.78 is 5.98. The number of carbonyl (C=O) groups excluding carboxylic acids is 1. The van der Waals surface area contributed by atoms with E-state index in [-0.39, 0.29) is 5.91 Å². The molecule has 0 radical (unpaired) electrons. The van der Waals surface area contributed by atoms with Gasteiger partial charge in [0.05, 0.1) is 24.0 Å².